The average molecular weight is 422 g/mol. The quantitative estimate of drug-likeness (QED) is 0.470. The van der Waals surface area contributed by atoms with Gasteiger partial charge in [-0.15, -0.1) is 0 Å². The lowest BCUT2D eigenvalue weighted by atomic mass is 10.3. The third-order valence-corrected chi connectivity index (χ3v) is 5.61. The summed E-state index contributed by atoms with van der Waals surface area (Å²) in [7, 11) is -2.35. The number of ether oxygens (including phenoxy) is 1. The number of anilines is 3. The second-order valence-corrected chi connectivity index (χ2v) is 7.84. The number of para-hydroxylation sites is 1. The molecule has 2 heterocycles. The van der Waals surface area contributed by atoms with E-state index in [0.717, 1.165) is 5.69 Å². The highest BCUT2D eigenvalue weighted by molar-refractivity contribution is 7.92. The summed E-state index contributed by atoms with van der Waals surface area (Å²) >= 11 is 0. The summed E-state index contributed by atoms with van der Waals surface area (Å²) in [5.41, 5.74) is 1.17. The van der Waals surface area contributed by atoms with Crippen molar-refractivity contribution in [3.05, 3.63) is 79.6 Å². The van der Waals surface area contributed by atoms with Gasteiger partial charge in [0.2, 0.25) is 0 Å². The molecule has 0 radical (unpaired) electrons. The minimum absolute atomic E-state index is 0.0720. The zero-order chi connectivity index (χ0) is 21.0. The molecular formula is C20H18N6O3S. The maximum absolute atomic E-state index is 12.7. The van der Waals surface area contributed by atoms with E-state index in [1.165, 1.54) is 19.5 Å². The number of benzene rings is 2. The number of nitrogens with zero attached hydrogens (tertiary/aromatic N) is 4. The number of methoxy groups -OCH3 is 1. The molecule has 0 saturated heterocycles. The van der Waals surface area contributed by atoms with Gasteiger partial charge in [-0.3, -0.25) is 9.29 Å². The first-order valence-electron chi connectivity index (χ1n) is 8.88. The van der Waals surface area contributed by atoms with E-state index in [0.29, 0.717) is 17.3 Å². The van der Waals surface area contributed by atoms with E-state index in [-0.39, 0.29) is 10.6 Å². The van der Waals surface area contributed by atoms with Gasteiger partial charge in [0.1, 0.15) is 34.9 Å². The van der Waals surface area contributed by atoms with Crippen LogP contribution in [0.5, 0.6) is 5.75 Å². The molecule has 0 aliphatic rings. The highest BCUT2D eigenvalue weighted by Gasteiger charge is 2.19. The fourth-order valence-corrected chi connectivity index (χ4v) is 4.00. The number of hydrogen-bond donors (Lipinski definition) is 2. The smallest absolute Gasteiger partial charge is 0.265 e. The molecule has 0 amide bonds. The number of imidazole rings is 1. The van der Waals surface area contributed by atoms with Crippen LogP contribution in [0.15, 0.2) is 84.5 Å². The van der Waals surface area contributed by atoms with Gasteiger partial charge in [0, 0.05) is 29.8 Å². The summed E-state index contributed by atoms with van der Waals surface area (Å²) in [6.45, 7) is 0. The lowest BCUT2D eigenvalue weighted by Crippen LogP contribution is -2.14. The number of hydrogen-bond acceptors (Lipinski definition) is 7. The predicted molar refractivity (Wildman–Crippen MR) is 113 cm³/mol. The van der Waals surface area contributed by atoms with Gasteiger partial charge < -0.3 is 10.1 Å². The Balaban J connectivity index is 1.49. The lowest BCUT2D eigenvalue weighted by Gasteiger charge is -2.12. The van der Waals surface area contributed by atoms with Gasteiger partial charge in [-0.1, -0.05) is 12.1 Å². The Kier molecular flexibility index (Phi) is 5.31. The van der Waals surface area contributed by atoms with Crippen molar-refractivity contribution < 1.29 is 13.2 Å². The van der Waals surface area contributed by atoms with Crippen LogP contribution in [0, 0.1) is 0 Å². The van der Waals surface area contributed by atoms with E-state index in [9.17, 15) is 8.42 Å². The zero-order valence-electron chi connectivity index (χ0n) is 15.9. The van der Waals surface area contributed by atoms with Crippen molar-refractivity contribution in [1.29, 1.82) is 0 Å². The lowest BCUT2D eigenvalue weighted by molar-refractivity contribution is 0.403. The summed E-state index contributed by atoms with van der Waals surface area (Å²) < 4.78 is 34.8. The standard InChI is InChI=1S/C20H18N6O3S/c1-29-17-4-2-3-5-18(17)30(27,28)25-16-8-6-15(7-9-16)24-19-12-20(23-13-22-19)26-11-10-21-14-26/h2-14,25H,1H3,(H,22,23,24). The molecule has 0 aliphatic heterocycles. The largest absolute Gasteiger partial charge is 0.495 e. The Morgan fingerprint density at radius 3 is 2.50 bits per heavy atom. The summed E-state index contributed by atoms with van der Waals surface area (Å²) in [5.74, 6) is 1.54. The maximum atomic E-state index is 12.7. The fourth-order valence-electron chi connectivity index (χ4n) is 2.77. The van der Waals surface area contributed by atoms with Gasteiger partial charge in [-0.05, 0) is 36.4 Å². The fraction of sp³-hybridized carbons (Fsp3) is 0.0500. The molecule has 4 rings (SSSR count). The van der Waals surface area contributed by atoms with Crippen molar-refractivity contribution >= 4 is 27.2 Å². The van der Waals surface area contributed by atoms with Crippen molar-refractivity contribution in [2.75, 3.05) is 17.1 Å². The van der Waals surface area contributed by atoms with Crippen molar-refractivity contribution in [2.45, 2.75) is 4.90 Å². The molecule has 9 nitrogen and oxygen atoms in total. The van der Waals surface area contributed by atoms with Crippen LogP contribution in [0.1, 0.15) is 0 Å². The van der Waals surface area contributed by atoms with E-state index in [1.54, 1.807) is 71.8 Å². The maximum Gasteiger partial charge on any atom is 0.265 e. The predicted octanol–water partition coefficient (Wildman–Crippen LogP) is 3.22. The normalized spacial score (nSPS) is 11.1. The first-order chi connectivity index (χ1) is 14.5. The van der Waals surface area contributed by atoms with Crippen LogP contribution in [0.3, 0.4) is 0 Å². The van der Waals surface area contributed by atoms with Gasteiger partial charge in [0.25, 0.3) is 10.0 Å². The number of nitrogens with one attached hydrogen (secondary N) is 2. The zero-order valence-corrected chi connectivity index (χ0v) is 16.7. The molecule has 0 saturated carbocycles. The summed E-state index contributed by atoms with van der Waals surface area (Å²) in [5, 5.41) is 3.16. The van der Waals surface area contributed by atoms with Crippen LogP contribution in [-0.2, 0) is 10.0 Å². The molecule has 4 aromatic rings. The molecule has 0 unspecified atom stereocenters. The SMILES string of the molecule is COc1ccccc1S(=O)(=O)Nc1ccc(Nc2cc(-n3ccnc3)ncn2)cc1. The molecule has 2 aromatic heterocycles. The molecule has 10 heteroatoms. The highest BCUT2D eigenvalue weighted by Crippen LogP contribution is 2.26. The third kappa shape index (κ3) is 4.23. The first kappa shape index (κ1) is 19.4. The Labute approximate surface area is 173 Å². The minimum atomic E-state index is -3.78. The molecule has 0 spiro atoms. The molecule has 0 atom stereocenters. The molecule has 152 valence electrons. The summed E-state index contributed by atoms with van der Waals surface area (Å²) in [6.07, 6.45) is 6.55. The summed E-state index contributed by atoms with van der Waals surface area (Å²) in [4.78, 5) is 12.5. The van der Waals surface area contributed by atoms with Crippen molar-refractivity contribution in [2.24, 2.45) is 0 Å². The van der Waals surface area contributed by atoms with Gasteiger partial charge in [0.15, 0.2) is 0 Å². The molecule has 0 fully saturated rings. The van der Waals surface area contributed by atoms with Crippen LogP contribution in [0.2, 0.25) is 0 Å². The number of sulfonamides is 1. The third-order valence-electron chi connectivity index (χ3n) is 4.19. The van der Waals surface area contributed by atoms with E-state index >= 15 is 0 Å². The molecular weight excluding hydrogens is 404 g/mol. The van der Waals surface area contributed by atoms with Gasteiger partial charge in [0.05, 0.1) is 7.11 Å². The van der Waals surface area contributed by atoms with Gasteiger partial charge in [-0.2, -0.15) is 0 Å². The van der Waals surface area contributed by atoms with Crippen LogP contribution in [0.25, 0.3) is 5.82 Å². The van der Waals surface area contributed by atoms with Crippen molar-refractivity contribution in [3.8, 4) is 11.6 Å². The van der Waals surface area contributed by atoms with Crippen LogP contribution in [0.4, 0.5) is 17.2 Å². The Bertz CT molecular complexity index is 1240. The second-order valence-electron chi connectivity index (χ2n) is 6.19. The highest BCUT2D eigenvalue weighted by atomic mass is 32.2. The van der Waals surface area contributed by atoms with E-state index in [2.05, 4.69) is 25.0 Å². The Hall–Kier alpha value is -3.92. The van der Waals surface area contributed by atoms with E-state index < -0.39 is 10.0 Å². The second kappa shape index (κ2) is 8.21. The van der Waals surface area contributed by atoms with E-state index in [1.807, 2.05) is 0 Å². The molecule has 30 heavy (non-hydrogen) atoms. The molecule has 0 aliphatic carbocycles. The van der Waals surface area contributed by atoms with Crippen LogP contribution >= 0.6 is 0 Å². The van der Waals surface area contributed by atoms with Crippen LogP contribution < -0.4 is 14.8 Å². The topological polar surface area (TPSA) is 111 Å². The van der Waals surface area contributed by atoms with Crippen LogP contribution in [-0.4, -0.2) is 35.0 Å². The minimum Gasteiger partial charge on any atom is -0.495 e. The van der Waals surface area contributed by atoms with Crippen molar-refractivity contribution in [3.63, 3.8) is 0 Å². The summed E-state index contributed by atoms with van der Waals surface area (Å²) in [6, 6.07) is 15.0. The van der Waals surface area contributed by atoms with Crippen molar-refractivity contribution in [1.82, 2.24) is 19.5 Å². The van der Waals surface area contributed by atoms with Gasteiger partial charge >= 0.3 is 0 Å². The Morgan fingerprint density at radius 2 is 1.77 bits per heavy atom. The Morgan fingerprint density at radius 1 is 1.00 bits per heavy atom. The molecule has 2 aromatic carbocycles. The first-order valence-corrected chi connectivity index (χ1v) is 10.4. The monoisotopic (exact) mass is 422 g/mol. The van der Waals surface area contributed by atoms with Gasteiger partial charge in [-0.25, -0.2) is 23.4 Å². The number of rotatable bonds is 7. The molecule has 2 N–H and O–H groups in total. The average Bonchev–Trinajstić information content (AvgIpc) is 3.30. The molecule has 0 bridgehead atoms. The number of aromatic nitrogens is 4. The van der Waals surface area contributed by atoms with E-state index in [4.69, 9.17) is 4.74 Å².